The van der Waals surface area contributed by atoms with Crippen LogP contribution in [0.5, 0.6) is 0 Å². The molecule has 0 spiro atoms. The number of benzene rings is 2. The first-order valence-electron chi connectivity index (χ1n) is 9.11. The third-order valence-electron chi connectivity index (χ3n) is 5.34. The topological polar surface area (TPSA) is 6.48 Å². The average molecular weight is 367 g/mol. The van der Waals surface area contributed by atoms with E-state index in [-0.39, 0.29) is 11.9 Å². The van der Waals surface area contributed by atoms with Crippen LogP contribution in [0.15, 0.2) is 46.2 Å². The van der Waals surface area contributed by atoms with Gasteiger partial charge in [-0.3, -0.25) is 9.80 Å². The molecule has 2 aliphatic heterocycles. The van der Waals surface area contributed by atoms with Crippen LogP contribution in [-0.4, -0.2) is 42.5 Å². The van der Waals surface area contributed by atoms with Crippen LogP contribution in [0.3, 0.4) is 0 Å². The maximum Gasteiger partial charge on any atom is 0.123 e. The molecule has 26 heavy (non-hydrogen) atoms. The number of hydrogen-bond acceptors (Lipinski definition) is 3. The summed E-state index contributed by atoms with van der Waals surface area (Å²) in [7, 11) is 0. The first-order chi connectivity index (χ1) is 12.6. The van der Waals surface area contributed by atoms with E-state index in [4.69, 9.17) is 6.42 Å². The standard InChI is InChI=1S/C22H23FN2S/c1-3-8-24-9-11-25(12-10-24)20-14-17-13-16(2)4-6-21(17)26-22-7-5-18(23)15-19(20)22/h1,4-7,13,15,20H,8-12,14H2,2H3. The first-order valence-corrected chi connectivity index (χ1v) is 9.92. The minimum Gasteiger partial charge on any atom is -0.293 e. The lowest BCUT2D eigenvalue weighted by Crippen LogP contribution is -2.48. The second-order valence-corrected chi connectivity index (χ2v) is 8.22. The molecule has 0 radical (unpaired) electrons. The summed E-state index contributed by atoms with van der Waals surface area (Å²) in [5.41, 5.74) is 3.76. The number of fused-ring (bicyclic) bond motifs is 2. The number of terminal acetylenes is 1. The van der Waals surface area contributed by atoms with Gasteiger partial charge in [-0.05, 0) is 48.7 Å². The molecule has 0 aliphatic carbocycles. The molecule has 1 fully saturated rings. The second kappa shape index (κ2) is 7.44. The summed E-state index contributed by atoms with van der Waals surface area (Å²) in [4.78, 5) is 7.28. The van der Waals surface area contributed by atoms with Gasteiger partial charge in [0.05, 0.1) is 6.54 Å². The summed E-state index contributed by atoms with van der Waals surface area (Å²) in [5.74, 6) is 2.59. The van der Waals surface area contributed by atoms with Crippen LogP contribution in [-0.2, 0) is 6.42 Å². The van der Waals surface area contributed by atoms with Crippen LogP contribution >= 0.6 is 11.8 Å². The smallest absolute Gasteiger partial charge is 0.123 e. The number of piperazine rings is 1. The van der Waals surface area contributed by atoms with Gasteiger partial charge in [-0.2, -0.15) is 0 Å². The van der Waals surface area contributed by atoms with E-state index < -0.39 is 0 Å². The van der Waals surface area contributed by atoms with Gasteiger partial charge in [0.1, 0.15) is 5.82 Å². The minimum atomic E-state index is -0.151. The molecule has 0 saturated carbocycles. The third kappa shape index (κ3) is 3.53. The van der Waals surface area contributed by atoms with Crippen molar-refractivity contribution in [2.45, 2.75) is 29.2 Å². The Labute approximate surface area is 159 Å². The van der Waals surface area contributed by atoms with Gasteiger partial charge in [-0.15, -0.1) is 6.42 Å². The molecule has 2 heterocycles. The van der Waals surface area contributed by atoms with Gasteiger partial charge in [-0.25, -0.2) is 4.39 Å². The molecule has 0 N–H and O–H groups in total. The highest BCUT2D eigenvalue weighted by atomic mass is 32.2. The molecule has 4 heteroatoms. The highest BCUT2D eigenvalue weighted by Crippen LogP contribution is 2.43. The fraction of sp³-hybridized carbons (Fsp3) is 0.364. The zero-order chi connectivity index (χ0) is 18.1. The summed E-state index contributed by atoms with van der Waals surface area (Å²) in [6.45, 7) is 6.72. The van der Waals surface area contributed by atoms with Crippen molar-refractivity contribution in [2.75, 3.05) is 32.7 Å². The molecule has 1 unspecified atom stereocenters. The molecular weight excluding hydrogens is 343 g/mol. The van der Waals surface area contributed by atoms with E-state index in [0.717, 1.165) is 38.2 Å². The molecule has 1 saturated heterocycles. The lowest BCUT2D eigenvalue weighted by Gasteiger charge is -2.39. The summed E-state index contributed by atoms with van der Waals surface area (Å²) < 4.78 is 14.1. The molecule has 4 rings (SSSR count). The number of aryl methyl sites for hydroxylation is 1. The van der Waals surface area contributed by atoms with Crippen molar-refractivity contribution in [3.8, 4) is 12.3 Å². The van der Waals surface area contributed by atoms with Crippen molar-refractivity contribution in [2.24, 2.45) is 0 Å². The highest BCUT2D eigenvalue weighted by Gasteiger charge is 2.30. The molecule has 134 valence electrons. The fourth-order valence-electron chi connectivity index (χ4n) is 3.96. The predicted octanol–water partition coefficient (Wildman–Crippen LogP) is 4.13. The summed E-state index contributed by atoms with van der Waals surface area (Å²) in [6.07, 6.45) is 6.38. The van der Waals surface area contributed by atoms with Gasteiger partial charge in [0, 0.05) is 42.0 Å². The molecule has 2 aromatic carbocycles. The van der Waals surface area contributed by atoms with E-state index in [0.29, 0.717) is 6.54 Å². The summed E-state index contributed by atoms with van der Waals surface area (Å²) in [5, 5.41) is 0. The normalized spacial score (nSPS) is 20.7. The number of hydrogen-bond donors (Lipinski definition) is 0. The lowest BCUT2D eigenvalue weighted by molar-refractivity contribution is 0.102. The molecule has 2 nitrogen and oxygen atoms in total. The van der Waals surface area contributed by atoms with Gasteiger partial charge >= 0.3 is 0 Å². The molecule has 0 amide bonds. The Kier molecular flexibility index (Phi) is 5.04. The Morgan fingerprint density at radius 2 is 1.88 bits per heavy atom. The fourth-order valence-corrected chi connectivity index (χ4v) is 5.06. The average Bonchev–Trinajstić information content (AvgIpc) is 2.79. The number of nitrogens with zero attached hydrogens (tertiary/aromatic N) is 2. The van der Waals surface area contributed by atoms with Crippen molar-refractivity contribution in [1.29, 1.82) is 0 Å². The SMILES string of the molecule is C#CCN1CCN(C2Cc3cc(C)ccc3Sc3ccc(F)cc32)CC1. The summed E-state index contributed by atoms with van der Waals surface area (Å²) in [6, 6.07) is 12.1. The van der Waals surface area contributed by atoms with Crippen LogP contribution in [0.4, 0.5) is 4.39 Å². The van der Waals surface area contributed by atoms with E-state index in [2.05, 4.69) is 40.8 Å². The van der Waals surface area contributed by atoms with E-state index in [1.54, 1.807) is 23.9 Å². The number of rotatable bonds is 2. The third-order valence-corrected chi connectivity index (χ3v) is 6.55. The van der Waals surface area contributed by atoms with E-state index >= 15 is 0 Å². The molecule has 2 aromatic rings. The van der Waals surface area contributed by atoms with Crippen LogP contribution < -0.4 is 0 Å². The Hall–Kier alpha value is -1.80. The molecule has 0 aromatic heterocycles. The lowest BCUT2D eigenvalue weighted by atomic mass is 9.95. The van der Waals surface area contributed by atoms with Gasteiger partial charge < -0.3 is 0 Å². The van der Waals surface area contributed by atoms with E-state index in [9.17, 15) is 4.39 Å². The van der Waals surface area contributed by atoms with E-state index in [1.165, 1.54) is 20.9 Å². The Morgan fingerprint density at radius 1 is 1.12 bits per heavy atom. The van der Waals surface area contributed by atoms with Crippen molar-refractivity contribution >= 4 is 11.8 Å². The zero-order valence-corrected chi connectivity index (χ0v) is 15.9. The maximum absolute atomic E-state index is 14.1. The minimum absolute atomic E-state index is 0.151. The monoisotopic (exact) mass is 366 g/mol. The molecule has 0 bridgehead atoms. The van der Waals surface area contributed by atoms with Crippen molar-refractivity contribution in [3.63, 3.8) is 0 Å². The number of halogens is 1. The van der Waals surface area contributed by atoms with E-state index in [1.807, 2.05) is 6.07 Å². The molecular formula is C22H23FN2S. The molecule has 2 aliphatic rings. The highest BCUT2D eigenvalue weighted by molar-refractivity contribution is 7.99. The largest absolute Gasteiger partial charge is 0.293 e. The zero-order valence-electron chi connectivity index (χ0n) is 15.0. The predicted molar refractivity (Wildman–Crippen MR) is 105 cm³/mol. The van der Waals surface area contributed by atoms with Crippen molar-refractivity contribution < 1.29 is 4.39 Å². The van der Waals surface area contributed by atoms with Crippen LogP contribution in [0.25, 0.3) is 0 Å². The van der Waals surface area contributed by atoms with Crippen LogP contribution in [0.2, 0.25) is 0 Å². The van der Waals surface area contributed by atoms with Gasteiger partial charge in [-0.1, -0.05) is 35.4 Å². The Morgan fingerprint density at radius 3 is 2.65 bits per heavy atom. The van der Waals surface area contributed by atoms with Crippen molar-refractivity contribution in [3.05, 3.63) is 58.9 Å². The van der Waals surface area contributed by atoms with Crippen LogP contribution in [0.1, 0.15) is 22.7 Å². The van der Waals surface area contributed by atoms with Crippen LogP contribution in [0, 0.1) is 25.1 Å². The van der Waals surface area contributed by atoms with Gasteiger partial charge in [0.2, 0.25) is 0 Å². The Balaban J connectivity index is 1.68. The first kappa shape index (κ1) is 17.6. The quantitative estimate of drug-likeness (QED) is 0.738. The summed E-state index contributed by atoms with van der Waals surface area (Å²) >= 11 is 1.77. The van der Waals surface area contributed by atoms with Gasteiger partial charge in [0.25, 0.3) is 0 Å². The molecule has 1 atom stereocenters. The second-order valence-electron chi connectivity index (χ2n) is 7.13. The Bertz CT molecular complexity index is 850. The van der Waals surface area contributed by atoms with Gasteiger partial charge in [0.15, 0.2) is 0 Å². The maximum atomic E-state index is 14.1. The van der Waals surface area contributed by atoms with Crippen molar-refractivity contribution in [1.82, 2.24) is 9.80 Å².